The number of rotatable bonds is 7. The summed E-state index contributed by atoms with van der Waals surface area (Å²) in [5.74, 6) is 1.70. The minimum atomic E-state index is -0.241. The Bertz CT molecular complexity index is 828. The predicted molar refractivity (Wildman–Crippen MR) is 95.5 cm³/mol. The molecular formula is C18H19N3O3S. The van der Waals surface area contributed by atoms with Crippen LogP contribution in [-0.4, -0.2) is 22.7 Å². The quantitative estimate of drug-likeness (QED) is 0.699. The molecule has 0 aliphatic rings. The maximum absolute atomic E-state index is 12.0. The van der Waals surface area contributed by atoms with Crippen LogP contribution in [0.2, 0.25) is 0 Å². The first-order valence-electron chi connectivity index (χ1n) is 7.98. The molecular weight excluding hydrogens is 338 g/mol. The second kappa shape index (κ2) is 7.94. The van der Waals surface area contributed by atoms with Gasteiger partial charge in [-0.05, 0) is 29.0 Å². The molecule has 0 atom stereocenters. The molecule has 0 saturated carbocycles. The maximum Gasteiger partial charge on any atom is 0.258 e. The van der Waals surface area contributed by atoms with Crippen LogP contribution in [0.3, 0.4) is 0 Å². The van der Waals surface area contributed by atoms with E-state index in [2.05, 4.69) is 29.3 Å². The average Bonchev–Trinajstić information content (AvgIpc) is 3.29. The van der Waals surface area contributed by atoms with Crippen molar-refractivity contribution in [2.24, 2.45) is 0 Å². The second-order valence-electron chi connectivity index (χ2n) is 5.75. The number of nitrogens with zero attached hydrogens (tertiary/aromatic N) is 2. The van der Waals surface area contributed by atoms with Gasteiger partial charge in [-0.2, -0.15) is 4.98 Å². The highest BCUT2D eigenvalue weighted by Gasteiger charge is 2.12. The highest BCUT2D eigenvalue weighted by molar-refractivity contribution is 7.13. The Labute approximate surface area is 149 Å². The molecule has 25 heavy (non-hydrogen) atoms. The number of hydrogen-bond acceptors (Lipinski definition) is 6. The summed E-state index contributed by atoms with van der Waals surface area (Å²) in [7, 11) is 0. The molecule has 0 saturated heterocycles. The van der Waals surface area contributed by atoms with Crippen LogP contribution in [0.1, 0.15) is 31.2 Å². The van der Waals surface area contributed by atoms with Gasteiger partial charge in [-0.1, -0.05) is 43.3 Å². The summed E-state index contributed by atoms with van der Waals surface area (Å²) < 4.78 is 10.8. The first kappa shape index (κ1) is 17.2. The van der Waals surface area contributed by atoms with Crippen LogP contribution in [0.15, 0.2) is 46.3 Å². The molecule has 130 valence electrons. The zero-order valence-corrected chi connectivity index (χ0v) is 14.9. The van der Waals surface area contributed by atoms with Gasteiger partial charge in [0.05, 0.1) is 11.4 Å². The Hall–Kier alpha value is -2.67. The van der Waals surface area contributed by atoms with E-state index in [4.69, 9.17) is 9.26 Å². The van der Waals surface area contributed by atoms with Crippen LogP contribution in [0.25, 0.3) is 10.7 Å². The van der Waals surface area contributed by atoms with Gasteiger partial charge in [-0.25, -0.2) is 0 Å². The summed E-state index contributed by atoms with van der Waals surface area (Å²) in [6.45, 7) is 4.29. The highest BCUT2D eigenvalue weighted by atomic mass is 32.1. The molecule has 1 N–H and O–H groups in total. The predicted octanol–water partition coefficient (Wildman–Crippen LogP) is 3.62. The van der Waals surface area contributed by atoms with Gasteiger partial charge < -0.3 is 14.6 Å². The van der Waals surface area contributed by atoms with Crippen molar-refractivity contribution in [1.82, 2.24) is 15.5 Å². The van der Waals surface area contributed by atoms with Crippen molar-refractivity contribution in [2.75, 3.05) is 6.61 Å². The molecule has 0 radical (unpaired) electrons. The molecule has 2 aromatic heterocycles. The Morgan fingerprint density at radius 3 is 2.88 bits per heavy atom. The molecule has 0 fully saturated rings. The molecule has 0 aliphatic carbocycles. The van der Waals surface area contributed by atoms with Crippen LogP contribution >= 0.6 is 11.3 Å². The van der Waals surface area contributed by atoms with E-state index in [0.717, 1.165) is 16.2 Å². The molecule has 1 amide bonds. The fourth-order valence-corrected chi connectivity index (χ4v) is 2.94. The van der Waals surface area contributed by atoms with Crippen LogP contribution in [-0.2, 0) is 11.3 Å². The molecule has 2 heterocycles. The maximum atomic E-state index is 12.0. The lowest BCUT2D eigenvalue weighted by Crippen LogP contribution is -2.28. The molecule has 0 spiro atoms. The molecule has 0 aliphatic heterocycles. The summed E-state index contributed by atoms with van der Waals surface area (Å²) in [5.41, 5.74) is 1.08. The third-order valence-electron chi connectivity index (χ3n) is 3.55. The molecule has 3 rings (SSSR count). The Kier molecular flexibility index (Phi) is 5.45. The van der Waals surface area contributed by atoms with E-state index in [1.165, 1.54) is 11.3 Å². The number of ether oxygens (including phenoxy) is 1. The lowest BCUT2D eigenvalue weighted by atomic mass is 10.0. The van der Waals surface area contributed by atoms with Crippen LogP contribution < -0.4 is 10.1 Å². The highest BCUT2D eigenvalue weighted by Crippen LogP contribution is 2.25. The van der Waals surface area contributed by atoms with Crippen LogP contribution in [0.4, 0.5) is 0 Å². The zero-order valence-electron chi connectivity index (χ0n) is 14.1. The third-order valence-corrected chi connectivity index (χ3v) is 4.41. The molecule has 1 aromatic carbocycles. The smallest absolute Gasteiger partial charge is 0.258 e. The largest absolute Gasteiger partial charge is 0.483 e. The van der Waals surface area contributed by atoms with Crippen molar-refractivity contribution in [3.63, 3.8) is 0 Å². The van der Waals surface area contributed by atoms with Gasteiger partial charge in [0.1, 0.15) is 5.75 Å². The van der Waals surface area contributed by atoms with Crippen molar-refractivity contribution in [3.05, 3.63) is 53.2 Å². The van der Waals surface area contributed by atoms with E-state index in [1.807, 2.05) is 41.8 Å². The summed E-state index contributed by atoms with van der Waals surface area (Å²) in [5, 5.41) is 8.57. The minimum Gasteiger partial charge on any atom is -0.483 e. The standard InChI is InChI=1S/C18H19N3O3S/c1-12(2)13-6-3-4-7-14(13)23-11-16(22)19-10-17-20-18(21-24-17)15-8-5-9-25-15/h3-9,12H,10-11H2,1-2H3,(H,19,22). The topological polar surface area (TPSA) is 77.2 Å². The Morgan fingerprint density at radius 1 is 1.28 bits per heavy atom. The van der Waals surface area contributed by atoms with Crippen molar-refractivity contribution < 1.29 is 14.1 Å². The normalized spacial score (nSPS) is 10.8. The van der Waals surface area contributed by atoms with E-state index in [0.29, 0.717) is 17.6 Å². The monoisotopic (exact) mass is 357 g/mol. The van der Waals surface area contributed by atoms with Gasteiger partial charge in [-0.15, -0.1) is 11.3 Å². The number of para-hydroxylation sites is 1. The molecule has 0 unspecified atom stereocenters. The summed E-state index contributed by atoms with van der Waals surface area (Å²) in [6.07, 6.45) is 0. The van der Waals surface area contributed by atoms with Gasteiger partial charge in [0.25, 0.3) is 5.91 Å². The van der Waals surface area contributed by atoms with Crippen molar-refractivity contribution >= 4 is 17.2 Å². The summed E-state index contributed by atoms with van der Waals surface area (Å²) >= 11 is 1.53. The third kappa shape index (κ3) is 4.45. The van der Waals surface area contributed by atoms with Crippen LogP contribution in [0, 0.1) is 0 Å². The van der Waals surface area contributed by atoms with Gasteiger partial charge in [-0.3, -0.25) is 4.79 Å². The number of aromatic nitrogens is 2. The number of benzene rings is 1. The van der Waals surface area contributed by atoms with Gasteiger partial charge >= 0.3 is 0 Å². The van der Waals surface area contributed by atoms with Gasteiger partial charge in [0.15, 0.2) is 6.61 Å². The minimum absolute atomic E-state index is 0.0599. The fourth-order valence-electron chi connectivity index (χ4n) is 2.29. The molecule has 7 heteroatoms. The van der Waals surface area contributed by atoms with Gasteiger partial charge in [0.2, 0.25) is 11.7 Å². The second-order valence-corrected chi connectivity index (χ2v) is 6.69. The van der Waals surface area contributed by atoms with Crippen LogP contribution in [0.5, 0.6) is 5.75 Å². The number of nitrogens with one attached hydrogen (secondary N) is 1. The Balaban J connectivity index is 1.50. The number of hydrogen-bond donors (Lipinski definition) is 1. The number of carbonyl (C=O) groups excluding carboxylic acids is 1. The van der Waals surface area contributed by atoms with Crippen molar-refractivity contribution in [2.45, 2.75) is 26.3 Å². The zero-order chi connectivity index (χ0) is 17.6. The van der Waals surface area contributed by atoms with E-state index in [1.54, 1.807) is 0 Å². The first-order chi connectivity index (χ1) is 12.1. The van der Waals surface area contributed by atoms with Crippen molar-refractivity contribution in [1.29, 1.82) is 0 Å². The fraction of sp³-hybridized carbons (Fsp3) is 0.278. The number of thiophene rings is 1. The SMILES string of the molecule is CC(C)c1ccccc1OCC(=O)NCc1nc(-c2cccs2)no1. The number of amides is 1. The number of carbonyl (C=O) groups is 1. The van der Waals surface area contributed by atoms with Crippen molar-refractivity contribution in [3.8, 4) is 16.5 Å². The van der Waals surface area contributed by atoms with E-state index < -0.39 is 0 Å². The lowest BCUT2D eigenvalue weighted by molar-refractivity contribution is -0.123. The first-order valence-corrected chi connectivity index (χ1v) is 8.86. The van der Waals surface area contributed by atoms with E-state index >= 15 is 0 Å². The van der Waals surface area contributed by atoms with Gasteiger partial charge in [0, 0.05) is 0 Å². The van der Waals surface area contributed by atoms with E-state index in [9.17, 15) is 4.79 Å². The molecule has 0 bridgehead atoms. The average molecular weight is 357 g/mol. The summed E-state index contributed by atoms with van der Waals surface area (Å²) in [6, 6.07) is 11.6. The Morgan fingerprint density at radius 2 is 2.12 bits per heavy atom. The molecule has 3 aromatic rings. The summed E-state index contributed by atoms with van der Waals surface area (Å²) in [4.78, 5) is 17.2. The van der Waals surface area contributed by atoms with E-state index in [-0.39, 0.29) is 19.1 Å². The molecule has 6 nitrogen and oxygen atoms in total. The lowest BCUT2D eigenvalue weighted by Gasteiger charge is -2.13.